The summed E-state index contributed by atoms with van der Waals surface area (Å²) in [6, 6.07) is 8.27. The van der Waals surface area contributed by atoms with E-state index in [1.54, 1.807) is 0 Å². The van der Waals surface area contributed by atoms with Gasteiger partial charge < -0.3 is 15.2 Å². The average Bonchev–Trinajstić information content (AvgIpc) is 2.90. The molecule has 2 rings (SSSR count). The van der Waals surface area contributed by atoms with Gasteiger partial charge in [-0.15, -0.1) is 0 Å². The van der Waals surface area contributed by atoms with Crippen LogP contribution in [0.25, 0.3) is 0 Å². The Morgan fingerprint density at radius 1 is 1.53 bits per heavy atom. The first-order chi connectivity index (χ1) is 8.29. The molecule has 1 aliphatic rings. The predicted molar refractivity (Wildman–Crippen MR) is 68.2 cm³/mol. The zero-order valence-corrected chi connectivity index (χ0v) is 10.4. The SMILES string of the molecule is CCc1cccc(OCC(N)C2CCOC2)c1. The van der Waals surface area contributed by atoms with Crippen molar-refractivity contribution in [3.63, 3.8) is 0 Å². The first-order valence-electron chi connectivity index (χ1n) is 6.34. The number of hydrogen-bond donors (Lipinski definition) is 1. The van der Waals surface area contributed by atoms with Gasteiger partial charge in [0, 0.05) is 18.6 Å². The summed E-state index contributed by atoms with van der Waals surface area (Å²) in [6.07, 6.45) is 2.08. The quantitative estimate of drug-likeness (QED) is 0.849. The lowest BCUT2D eigenvalue weighted by Crippen LogP contribution is -2.36. The van der Waals surface area contributed by atoms with Crippen molar-refractivity contribution in [2.45, 2.75) is 25.8 Å². The highest BCUT2D eigenvalue weighted by molar-refractivity contribution is 5.28. The van der Waals surface area contributed by atoms with E-state index in [1.807, 2.05) is 12.1 Å². The number of aryl methyl sites for hydroxylation is 1. The van der Waals surface area contributed by atoms with Crippen molar-refractivity contribution in [3.8, 4) is 5.75 Å². The Hall–Kier alpha value is -1.06. The zero-order valence-electron chi connectivity index (χ0n) is 10.4. The summed E-state index contributed by atoms with van der Waals surface area (Å²) in [5, 5.41) is 0. The van der Waals surface area contributed by atoms with E-state index >= 15 is 0 Å². The molecule has 1 aromatic carbocycles. The van der Waals surface area contributed by atoms with Gasteiger partial charge in [0.25, 0.3) is 0 Å². The fourth-order valence-electron chi connectivity index (χ4n) is 2.07. The third-order valence-corrected chi connectivity index (χ3v) is 3.32. The molecule has 1 fully saturated rings. The fraction of sp³-hybridized carbons (Fsp3) is 0.571. The molecule has 2 N–H and O–H groups in total. The molecule has 1 aromatic rings. The Balaban J connectivity index is 1.83. The van der Waals surface area contributed by atoms with Crippen LogP contribution in [0.15, 0.2) is 24.3 Å². The van der Waals surface area contributed by atoms with Crippen LogP contribution in [0, 0.1) is 5.92 Å². The van der Waals surface area contributed by atoms with Gasteiger partial charge in [0.2, 0.25) is 0 Å². The van der Waals surface area contributed by atoms with E-state index in [4.69, 9.17) is 15.2 Å². The second kappa shape index (κ2) is 6.03. The van der Waals surface area contributed by atoms with Gasteiger partial charge >= 0.3 is 0 Å². The molecule has 1 saturated heterocycles. The van der Waals surface area contributed by atoms with Crippen LogP contribution in [0.4, 0.5) is 0 Å². The van der Waals surface area contributed by atoms with Gasteiger partial charge in [0.15, 0.2) is 0 Å². The molecule has 94 valence electrons. The topological polar surface area (TPSA) is 44.5 Å². The maximum absolute atomic E-state index is 6.09. The minimum atomic E-state index is 0.0720. The normalized spacial score (nSPS) is 21.4. The van der Waals surface area contributed by atoms with Gasteiger partial charge in [0.1, 0.15) is 12.4 Å². The van der Waals surface area contributed by atoms with Gasteiger partial charge in [-0.3, -0.25) is 0 Å². The van der Waals surface area contributed by atoms with Crippen molar-refractivity contribution in [1.29, 1.82) is 0 Å². The van der Waals surface area contributed by atoms with E-state index in [0.29, 0.717) is 12.5 Å². The van der Waals surface area contributed by atoms with Crippen molar-refractivity contribution < 1.29 is 9.47 Å². The van der Waals surface area contributed by atoms with Crippen LogP contribution in [-0.2, 0) is 11.2 Å². The fourth-order valence-corrected chi connectivity index (χ4v) is 2.07. The number of nitrogens with two attached hydrogens (primary N) is 1. The average molecular weight is 235 g/mol. The van der Waals surface area contributed by atoms with E-state index in [9.17, 15) is 0 Å². The molecular formula is C14H21NO2. The molecule has 1 heterocycles. The van der Waals surface area contributed by atoms with E-state index in [1.165, 1.54) is 5.56 Å². The minimum Gasteiger partial charge on any atom is -0.492 e. The lowest BCUT2D eigenvalue weighted by molar-refractivity contribution is 0.170. The van der Waals surface area contributed by atoms with Crippen LogP contribution in [0.3, 0.4) is 0 Å². The Labute approximate surface area is 103 Å². The monoisotopic (exact) mass is 235 g/mol. The maximum Gasteiger partial charge on any atom is 0.119 e. The van der Waals surface area contributed by atoms with Crippen molar-refractivity contribution in [2.75, 3.05) is 19.8 Å². The number of ether oxygens (including phenoxy) is 2. The maximum atomic E-state index is 6.09. The standard InChI is InChI=1S/C14H21NO2/c1-2-11-4-3-5-13(8-11)17-10-14(15)12-6-7-16-9-12/h3-5,8,12,14H,2,6-7,9-10,15H2,1H3. The highest BCUT2D eigenvalue weighted by atomic mass is 16.5. The second-order valence-corrected chi connectivity index (χ2v) is 4.60. The van der Waals surface area contributed by atoms with Crippen molar-refractivity contribution in [2.24, 2.45) is 11.7 Å². The predicted octanol–water partition coefficient (Wildman–Crippen LogP) is 1.99. The molecule has 0 bridgehead atoms. The van der Waals surface area contributed by atoms with Crippen molar-refractivity contribution in [1.82, 2.24) is 0 Å². The highest BCUT2D eigenvalue weighted by Crippen LogP contribution is 2.18. The first kappa shape index (κ1) is 12.4. The number of hydrogen-bond acceptors (Lipinski definition) is 3. The van der Waals surface area contributed by atoms with E-state index < -0.39 is 0 Å². The minimum absolute atomic E-state index is 0.0720. The summed E-state index contributed by atoms with van der Waals surface area (Å²) in [6.45, 7) is 4.32. The Morgan fingerprint density at radius 2 is 2.41 bits per heavy atom. The van der Waals surface area contributed by atoms with E-state index in [2.05, 4.69) is 19.1 Å². The summed E-state index contributed by atoms with van der Waals surface area (Å²) in [5.74, 6) is 1.36. The molecule has 0 aliphatic carbocycles. The molecule has 0 aromatic heterocycles. The summed E-state index contributed by atoms with van der Waals surface area (Å²) in [4.78, 5) is 0. The van der Waals surface area contributed by atoms with Gasteiger partial charge in [-0.05, 0) is 30.5 Å². The molecule has 0 saturated carbocycles. The molecule has 0 spiro atoms. The molecular weight excluding hydrogens is 214 g/mol. The smallest absolute Gasteiger partial charge is 0.119 e. The highest BCUT2D eigenvalue weighted by Gasteiger charge is 2.23. The molecule has 3 nitrogen and oxygen atoms in total. The Bertz CT molecular complexity index is 348. The summed E-state index contributed by atoms with van der Waals surface area (Å²) in [7, 11) is 0. The van der Waals surface area contributed by atoms with Gasteiger partial charge in [-0.1, -0.05) is 19.1 Å². The van der Waals surface area contributed by atoms with Crippen molar-refractivity contribution >= 4 is 0 Å². The summed E-state index contributed by atoms with van der Waals surface area (Å²) < 4.78 is 11.1. The zero-order chi connectivity index (χ0) is 12.1. The molecule has 0 radical (unpaired) electrons. The van der Waals surface area contributed by atoms with Crippen LogP contribution >= 0.6 is 0 Å². The van der Waals surface area contributed by atoms with Crippen molar-refractivity contribution in [3.05, 3.63) is 29.8 Å². The lowest BCUT2D eigenvalue weighted by Gasteiger charge is -2.18. The molecule has 2 unspecified atom stereocenters. The Kier molecular flexibility index (Phi) is 4.40. The van der Waals surface area contributed by atoms with Crippen LogP contribution in [-0.4, -0.2) is 25.9 Å². The first-order valence-corrected chi connectivity index (χ1v) is 6.34. The lowest BCUT2D eigenvalue weighted by atomic mass is 10.0. The van der Waals surface area contributed by atoms with Crippen LogP contribution in [0.2, 0.25) is 0 Å². The molecule has 1 aliphatic heterocycles. The third-order valence-electron chi connectivity index (χ3n) is 3.32. The molecule has 3 heteroatoms. The largest absolute Gasteiger partial charge is 0.492 e. The second-order valence-electron chi connectivity index (χ2n) is 4.60. The number of rotatable bonds is 5. The number of benzene rings is 1. The van der Waals surface area contributed by atoms with Crippen LogP contribution in [0.5, 0.6) is 5.75 Å². The van der Waals surface area contributed by atoms with Gasteiger partial charge in [-0.2, -0.15) is 0 Å². The van der Waals surface area contributed by atoms with E-state index in [-0.39, 0.29) is 6.04 Å². The van der Waals surface area contributed by atoms with E-state index in [0.717, 1.165) is 31.8 Å². The van der Waals surface area contributed by atoms with Crippen LogP contribution < -0.4 is 10.5 Å². The Morgan fingerprint density at radius 3 is 3.12 bits per heavy atom. The summed E-state index contributed by atoms with van der Waals surface area (Å²) >= 11 is 0. The van der Waals surface area contributed by atoms with Gasteiger partial charge in [-0.25, -0.2) is 0 Å². The van der Waals surface area contributed by atoms with Gasteiger partial charge in [0.05, 0.1) is 6.61 Å². The third kappa shape index (κ3) is 3.45. The molecule has 17 heavy (non-hydrogen) atoms. The molecule has 2 atom stereocenters. The molecule has 0 amide bonds. The van der Waals surface area contributed by atoms with Crippen LogP contribution in [0.1, 0.15) is 18.9 Å². The summed E-state index contributed by atoms with van der Waals surface area (Å²) in [5.41, 5.74) is 7.38.